The summed E-state index contributed by atoms with van der Waals surface area (Å²) >= 11 is 0. The standard InChI is InChI=1S/C31H56/c1-5-9-13-17-22-28(23-18-14-10-6-2)31-27-21-25-29(24-19-15-11-7-3)30(31)26-20-16-12-8-4/h21,25,27-28H,5-20,22-24,26H2,1-4H3. The SMILES string of the molecule is CCCCCCc1cccc(C(CCCCCC)CCCCCC)c1CCCCCC. The maximum Gasteiger partial charge on any atom is -0.0159 e. The van der Waals surface area contributed by atoms with Crippen LogP contribution in [0, 0.1) is 0 Å². The lowest BCUT2D eigenvalue weighted by Crippen LogP contribution is -2.08. The van der Waals surface area contributed by atoms with Crippen LogP contribution in [-0.2, 0) is 12.8 Å². The summed E-state index contributed by atoms with van der Waals surface area (Å²) in [4.78, 5) is 0. The van der Waals surface area contributed by atoms with Gasteiger partial charge in [0.1, 0.15) is 0 Å². The molecule has 0 N–H and O–H groups in total. The molecule has 1 aromatic carbocycles. The van der Waals surface area contributed by atoms with E-state index in [1.807, 2.05) is 0 Å². The van der Waals surface area contributed by atoms with Crippen molar-refractivity contribution in [3.8, 4) is 0 Å². The van der Waals surface area contributed by atoms with Crippen LogP contribution in [0.15, 0.2) is 18.2 Å². The zero-order valence-electron chi connectivity index (χ0n) is 22.0. The normalized spacial score (nSPS) is 11.5. The molecule has 0 aromatic heterocycles. The van der Waals surface area contributed by atoms with E-state index in [0.717, 1.165) is 5.92 Å². The summed E-state index contributed by atoms with van der Waals surface area (Å²) in [6, 6.07) is 7.38. The zero-order chi connectivity index (χ0) is 22.6. The molecule has 31 heavy (non-hydrogen) atoms. The number of hydrogen-bond acceptors (Lipinski definition) is 0. The van der Waals surface area contributed by atoms with Crippen LogP contribution in [0.4, 0.5) is 0 Å². The van der Waals surface area contributed by atoms with Gasteiger partial charge in [0.05, 0.1) is 0 Å². The molecule has 180 valence electrons. The van der Waals surface area contributed by atoms with Crippen LogP contribution in [0.1, 0.15) is 166 Å². The Labute approximate surface area is 197 Å². The minimum Gasteiger partial charge on any atom is -0.0654 e. The lowest BCUT2D eigenvalue weighted by Gasteiger charge is -2.23. The summed E-state index contributed by atoms with van der Waals surface area (Å²) in [5.74, 6) is 0.797. The quantitative estimate of drug-likeness (QED) is 0.171. The van der Waals surface area contributed by atoms with Crippen LogP contribution in [0.2, 0.25) is 0 Å². The molecule has 1 aromatic rings. The number of unbranched alkanes of at least 4 members (excludes halogenated alkanes) is 12. The summed E-state index contributed by atoms with van der Waals surface area (Å²) in [6.45, 7) is 9.31. The highest BCUT2D eigenvalue weighted by atomic mass is 14.2. The van der Waals surface area contributed by atoms with Gasteiger partial charge >= 0.3 is 0 Å². The van der Waals surface area contributed by atoms with Crippen LogP contribution in [0.3, 0.4) is 0 Å². The zero-order valence-corrected chi connectivity index (χ0v) is 22.0. The molecule has 0 aliphatic carbocycles. The van der Waals surface area contributed by atoms with Crippen molar-refractivity contribution in [3.05, 3.63) is 34.9 Å². The predicted molar refractivity (Wildman–Crippen MR) is 142 cm³/mol. The first-order valence-electron chi connectivity index (χ1n) is 14.4. The average Bonchev–Trinajstić information content (AvgIpc) is 2.79. The van der Waals surface area contributed by atoms with Crippen molar-refractivity contribution in [3.63, 3.8) is 0 Å². The van der Waals surface area contributed by atoms with Crippen molar-refractivity contribution < 1.29 is 0 Å². The van der Waals surface area contributed by atoms with E-state index in [9.17, 15) is 0 Å². The molecule has 0 aliphatic rings. The van der Waals surface area contributed by atoms with Gasteiger partial charge in [-0.15, -0.1) is 0 Å². The second-order valence-corrected chi connectivity index (χ2v) is 10.0. The first-order valence-corrected chi connectivity index (χ1v) is 14.4. The Morgan fingerprint density at radius 3 is 1.52 bits per heavy atom. The largest absolute Gasteiger partial charge is 0.0654 e. The highest BCUT2D eigenvalue weighted by Gasteiger charge is 2.17. The molecule has 0 spiro atoms. The second-order valence-electron chi connectivity index (χ2n) is 10.0. The van der Waals surface area contributed by atoms with Gasteiger partial charge in [-0.25, -0.2) is 0 Å². The van der Waals surface area contributed by atoms with E-state index >= 15 is 0 Å². The van der Waals surface area contributed by atoms with E-state index in [4.69, 9.17) is 0 Å². The van der Waals surface area contributed by atoms with Crippen molar-refractivity contribution in [1.29, 1.82) is 0 Å². The Bertz CT molecular complexity index is 503. The molecule has 0 bridgehead atoms. The van der Waals surface area contributed by atoms with E-state index in [1.54, 1.807) is 16.7 Å². The summed E-state index contributed by atoms with van der Waals surface area (Å²) in [5, 5.41) is 0. The molecule has 0 unspecified atom stereocenters. The smallest absolute Gasteiger partial charge is 0.0159 e. The number of hydrogen-bond donors (Lipinski definition) is 0. The van der Waals surface area contributed by atoms with Crippen molar-refractivity contribution >= 4 is 0 Å². The van der Waals surface area contributed by atoms with Gasteiger partial charge in [-0.2, -0.15) is 0 Å². The third kappa shape index (κ3) is 12.7. The Morgan fingerprint density at radius 2 is 1.00 bits per heavy atom. The fraction of sp³-hybridized carbons (Fsp3) is 0.806. The highest BCUT2D eigenvalue weighted by molar-refractivity contribution is 5.38. The molecular weight excluding hydrogens is 372 g/mol. The highest BCUT2D eigenvalue weighted by Crippen LogP contribution is 2.34. The first-order chi connectivity index (χ1) is 15.3. The molecule has 0 saturated heterocycles. The van der Waals surface area contributed by atoms with E-state index in [0.29, 0.717) is 0 Å². The Morgan fingerprint density at radius 1 is 0.516 bits per heavy atom. The van der Waals surface area contributed by atoms with Gasteiger partial charge in [-0.05, 0) is 61.1 Å². The van der Waals surface area contributed by atoms with E-state index in [2.05, 4.69) is 45.9 Å². The van der Waals surface area contributed by atoms with Crippen molar-refractivity contribution in [2.45, 2.75) is 162 Å². The van der Waals surface area contributed by atoms with Crippen molar-refractivity contribution in [1.82, 2.24) is 0 Å². The number of aryl methyl sites for hydroxylation is 1. The first kappa shape index (κ1) is 28.3. The third-order valence-corrected chi connectivity index (χ3v) is 7.14. The summed E-state index contributed by atoms with van der Waals surface area (Å²) < 4.78 is 0. The molecule has 0 heteroatoms. The minimum atomic E-state index is 0.797. The molecule has 0 aliphatic heterocycles. The lowest BCUT2D eigenvalue weighted by atomic mass is 9.82. The van der Waals surface area contributed by atoms with Gasteiger partial charge in [0.25, 0.3) is 0 Å². The molecule has 0 atom stereocenters. The van der Waals surface area contributed by atoms with Crippen molar-refractivity contribution in [2.75, 3.05) is 0 Å². The van der Waals surface area contributed by atoms with Gasteiger partial charge < -0.3 is 0 Å². The monoisotopic (exact) mass is 428 g/mol. The number of benzene rings is 1. The average molecular weight is 429 g/mol. The molecule has 0 nitrogen and oxygen atoms in total. The summed E-state index contributed by atoms with van der Waals surface area (Å²) in [5.41, 5.74) is 5.21. The molecule has 0 saturated carbocycles. The lowest BCUT2D eigenvalue weighted by molar-refractivity contribution is 0.492. The van der Waals surface area contributed by atoms with Gasteiger partial charge in [0, 0.05) is 0 Å². The van der Waals surface area contributed by atoms with E-state index < -0.39 is 0 Å². The maximum atomic E-state index is 2.52. The Hall–Kier alpha value is -0.780. The predicted octanol–water partition coefficient (Wildman–Crippen LogP) is 11.0. The van der Waals surface area contributed by atoms with Gasteiger partial charge in [0.15, 0.2) is 0 Å². The number of rotatable bonds is 21. The molecule has 0 amide bonds. The molecule has 0 radical (unpaired) electrons. The second kappa shape index (κ2) is 19.9. The molecular formula is C31H56. The fourth-order valence-corrected chi connectivity index (χ4v) is 5.14. The van der Waals surface area contributed by atoms with E-state index in [1.165, 1.54) is 128 Å². The van der Waals surface area contributed by atoms with Crippen molar-refractivity contribution in [2.24, 2.45) is 0 Å². The Balaban J connectivity index is 2.97. The van der Waals surface area contributed by atoms with Gasteiger partial charge in [-0.1, -0.05) is 136 Å². The molecule has 0 fully saturated rings. The van der Waals surface area contributed by atoms with Crippen LogP contribution < -0.4 is 0 Å². The molecule has 1 rings (SSSR count). The fourth-order valence-electron chi connectivity index (χ4n) is 5.14. The third-order valence-electron chi connectivity index (χ3n) is 7.14. The minimum absolute atomic E-state index is 0.797. The topological polar surface area (TPSA) is 0 Å². The van der Waals surface area contributed by atoms with Crippen LogP contribution in [0.25, 0.3) is 0 Å². The van der Waals surface area contributed by atoms with Gasteiger partial charge in [0.2, 0.25) is 0 Å². The maximum absolute atomic E-state index is 2.52. The summed E-state index contributed by atoms with van der Waals surface area (Å²) in [6.07, 6.45) is 27.6. The van der Waals surface area contributed by atoms with E-state index in [-0.39, 0.29) is 0 Å². The molecule has 0 heterocycles. The summed E-state index contributed by atoms with van der Waals surface area (Å²) in [7, 11) is 0. The van der Waals surface area contributed by atoms with Crippen LogP contribution >= 0.6 is 0 Å². The van der Waals surface area contributed by atoms with Crippen LogP contribution in [0.5, 0.6) is 0 Å². The van der Waals surface area contributed by atoms with Crippen LogP contribution in [-0.4, -0.2) is 0 Å². The Kier molecular flexibility index (Phi) is 18.1. The van der Waals surface area contributed by atoms with Gasteiger partial charge in [-0.3, -0.25) is 0 Å².